The van der Waals surface area contributed by atoms with Crippen LogP contribution >= 0.6 is 0 Å². The number of nitrogens with one attached hydrogen (secondary N) is 3. The lowest BCUT2D eigenvalue weighted by molar-refractivity contribution is -0.114. The second-order valence-corrected chi connectivity index (χ2v) is 5.86. The molecule has 0 bridgehead atoms. The van der Waals surface area contributed by atoms with Crippen LogP contribution in [0.15, 0.2) is 60.9 Å². The van der Waals surface area contributed by atoms with Crippen molar-refractivity contribution in [3.05, 3.63) is 66.6 Å². The van der Waals surface area contributed by atoms with E-state index in [1.807, 2.05) is 24.3 Å². The normalized spacial score (nSPS) is 10.1. The molecule has 0 saturated carbocycles. The summed E-state index contributed by atoms with van der Waals surface area (Å²) < 4.78 is 5.12. The Kier molecular flexibility index (Phi) is 5.81. The fraction of sp³-hybridized carbons (Fsp3) is 0.100. The zero-order valence-corrected chi connectivity index (χ0v) is 15.4. The van der Waals surface area contributed by atoms with E-state index in [0.717, 1.165) is 11.4 Å². The van der Waals surface area contributed by atoms with Gasteiger partial charge in [0.1, 0.15) is 17.3 Å². The number of hydrogen-bond donors (Lipinski definition) is 3. The molecule has 8 nitrogen and oxygen atoms in total. The molecule has 1 aromatic heterocycles. The first-order valence-corrected chi connectivity index (χ1v) is 8.45. The zero-order chi connectivity index (χ0) is 19.9. The van der Waals surface area contributed by atoms with Crippen molar-refractivity contribution in [1.29, 1.82) is 0 Å². The highest BCUT2D eigenvalue weighted by Crippen LogP contribution is 2.19. The summed E-state index contributed by atoms with van der Waals surface area (Å²) in [6.45, 7) is 1.42. The number of methoxy groups -OCH3 is 1. The van der Waals surface area contributed by atoms with Gasteiger partial charge in [0, 0.05) is 24.0 Å². The molecule has 2 aromatic carbocycles. The van der Waals surface area contributed by atoms with Gasteiger partial charge in [0.05, 0.1) is 19.5 Å². The minimum Gasteiger partial charge on any atom is -0.497 e. The van der Waals surface area contributed by atoms with E-state index in [0.29, 0.717) is 17.2 Å². The van der Waals surface area contributed by atoms with E-state index in [1.165, 1.54) is 19.3 Å². The van der Waals surface area contributed by atoms with Crippen LogP contribution in [0.2, 0.25) is 0 Å². The number of anilines is 4. The number of aromatic nitrogens is 2. The molecule has 8 heteroatoms. The maximum atomic E-state index is 12.4. The first-order chi connectivity index (χ1) is 13.5. The maximum Gasteiger partial charge on any atom is 0.275 e. The van der Waals surface area contributed by atoms with E-state index >= 15 is 0 Å². The van der Waals surface area contributed by atoms with Crippen LogP contribution in [0.3, 0.4) is 0 Å². The summed E-state index contributed by atoms with van der Waals surface area (Å²) >= 11 is 0. The van der Waals surface area contributed by atoms with Gasteiger partial charge in [0.15, 0.2) is 0 Å². The summed E-state index contributed by atoms with van der Waals surface area (Å²) in [6.07, 6.45) is 2.87. The summed E-state index contributed by atoms with van der Waals surface area (Å²) in [5.41, 5.74) is 2.13. The molecule has 28 heavy (non-hydrogen) atoms. The molecule has 0 radical (unpaired) electrons. The molecule has 0 aliphatic heterocycles. The largest absolute Gasteiger partial charge is 0.497 e. The van der Waals surface area contributed by atoms with Gasteiger partial charge in [-0.25, -0.2) is 9.97 Å². The Balaban J connectivity index is 1.64. The predicted molar refractivity (Wildman–Crippen MR) is 107 cm³/mol. The summed E-state index contributed by atoms with van der Waals surface area (Å²) in [4.78, 5) is 31.8. The fourth-order valence-corrected chi connectivity index (χ4v) is 2.41. The minimum atomic E-state index is -0.400. The number of amides is 2. The first kappa shape index (κ1) is 18.8. The van der Waals surface area contributed by atoms with Crippen LogP contribution in [0.5, 0.6) is 5.75 Å². The SMILES string of the molecule is COc1ccc(Nc2cnc(C(=O)Nc3cccc(NC(C)=O)c3)cn2)cc1. The van der Waals surface area contributed by atoms with Gasteiger partial charge in [-0.3, -0.25) is 9.59 Å². The Morgan fingerprint density at radius 3 is 2.21 bits per heavy atom. The van der Waals surface area contributed by atoms with Crippen LogP contribution in [0.25, 0.3) is 0 Å². The van der Waals surface area contributed by atoms with Gasteiger partial charge in [0.25, 0.3) is 5.91 Å². The molecular formula is C20H19N5O3. The smallest absolute Gasteiger partial charge is 0.275 e. The van der Waals surface area contributed by atoms with Gasteiger partial charge in [-0.1, -0.05) is 6.07 Å². The standard InChI is InChI=1S/C20H19N5O3/c1-13(26)23-15-4-3-5-16(10-15)25-20(27)18-11-22-19(12-21-18)24-14-6-8-17(28-2)9-7-14/h3-12H,1-2H3,(H,22,24)(H,23,26)(H,25,27). The van der Waals surface area contributed by atoms with Crippen LogP contribution < -0.4 is 20.7 Å². The number of carbonyl (C=O) groups excluding carboxylic acids is 2. The second-order valence-electron chi connectivity index (χ2n) is 5.86. The topological polar surface area (TPSA) is 105 Å². The molecule has 0 atom stereocenters. The molecule has 1 heterocycles. The molecule has 3 N–H and O–H groups in total. The van der Waals surface area contributed by atoms with E-state index in [4.69, 9.17) is 4.74 Å². The Bertz CT molecular complexity index is 972. The lowest BCUT2D eigenvalue weighted by Crippen LogP contribution is -2.14. The summed E-state index contributed by atoms with van der Waals surface area (Å²) in [5, 5.41) is 8.48. The Labute approximate surface area is 162 Å². The lowest BCUT2D eigenvalue weighted by atomic mass is 10.2. The Morgan fingerprint density at radius 2 is 1.61 bits per heavy atom. The number of benzene rings is 2. The van der Waals surface area contributed by atoms with E-state index < -0.39 is 5.91 Å². The molecule has 142 valence electrons. The first-order valence-electron chi connectivity index (χ1n) is 8.45. The van der Waals surface area contributed by atoms with Crippen LogP contribution in [0.4, 0.5) is 22.9 Å². The van der Waals surface area contributed by atoms with E-state index in [2.05, 4.69) is 25.9 Å². The Morgan fingerprint density at radius 1 is 0.893 bits per heavy atom. The quantitative estimate of drug-likeness (QED) is 0.608. The van der Waals surface area contributed by atoms with Crippen molar-refractivity contribution in [2.24, 2.45) is 0 Å². The number of rotatable bonds is 6. The molecule has 3 aromatic rings. The number of carbonyl (C=O) groups is 2. The van der Waals surface area contributed by atoms with Crippen LogP contribution in [0.1, 0.15) is 17.4 Å². The molecule has 0 spiro atoms. The third-order valence-electron chi connectivity index (χ3n) is 3.69. The maximum absolute atomic E-state index is 12.4. The average molecular weight is 377 g/mol. The lowest BCUT2D eigenvalue weighted by Gasteiger charge is -2.09. The second kappa shape index (κ2) is 8.63. The van der Waals surface area contributed by atoms with E-state index in [-0.39, 0.29) is 11.6 Å². The zero-order valence-electron chi connectivity index (χ0n) is 15.4. The van der Waals surface area contributed by atoms with Crippen molar-refractivity contribution in [3.63, 3.8) is 0 Å². The van der Waals surface area contributed by atoms with Crippen molar-refractivity contribution < 1.29 is 14.3 Å². The number of hydrogen-bond acceptors (Lipinski definition) is 6. The van der Waals surface area contributed by atoms with Gasteiger partial charge in [-0.15, -0.1) is 0 Å². The molecule has 0 saturated heterocycles. The third-order valence-corrected chi connectivity index (χ3v) is 3.69. The summed E-state index contributed by atoms with van der Waals surface area (Å²) in [6, 6.07) is 14.2. The van der Waals surface area contributed by atoms with E-state index in [9.17, 15) is 9.59 Å². The number of nitrogens with zero attached hydrogens (tertiary/aromatic N) is 2. The number of ether oxygens (including phenoxy) is 1. The van der Waals surface area contributed by atoms with Gasteiger partial charge >= 0.3 is 0 Å². The minimum absolute atomic E-state index is 0.171. The van der Waals surface area contributed by atoms with Crippen LogP contribution in [-0.2, 0) is 4.79 Å². The van der Waals surface area contributed by atoms with Crippen molar-refractivity contribution in [1.82, 2.24) is 9.97 Å². The molecule has 2 amide bonds. The Hall–Kier alpha value is -3.94. The van der Waals surface area contributed by atoms with Gasteiger partial charge in [0.2, 0.25) is 5.91 Å². The third kappa shape index (κ3) is 5.04. The van der Waals surface area contributed by atoms with Crippen LogP contribution in [0, 0.1) is 0 Å². The molecule has 0 aliphatic rings. The van der Waals surface area contributed by atoms with Gasteiger partial charge in [-0.2, -0.15) is 0 Å². The van der Waals surface area contributed by atoms with E-state index in [1.54, 1.807) is 31.4 Å². The molecule has 3 rings (SSSR count). The monoisotopic (exact) mass is 377 g/mol. The van der Waals surface area contributed by atoms with Crippen molar-refractivity contribution >= 4 is 34.7 Å². The van der Waals surface area contributed by atoms with Crippen molar-refractivity contribution in [2.45, 2.75) is 6.92 Å². The molecule has 0 fully saturated rings. The van der Waals surface area contributed by atoms with Crippen molar-refractivity contribution in [3.8, 4) is 5.75 Å². The highest BCUT2D eigenvalue weighted by atomic mass is 16.5. The van der Waals surface area contributed by atoms with Crippen molar-refractivity contribution in [2.75, 3.05) is 23.1 Å². The average Bonchev–Trinajstić information content (AvgIpc) is 2.69. The highest BCUT2D eigenvalue weighted by Gasteiger charge is 2.09. The molecule has 0 aliphatic carbocycles. The van der Waals surface area contributed by atoms with Crippen LogP contribution in [-0.4, -0.2) is 28.9 Å². The fourth-order valence-electron chi connectivity index (χ4n) is 2.41. The summed E-state index contributed by atoms with van der Waals surface area (Å²) in [5.74, 6) is 0.679. The molecule has 0 unspecified atom stereocenters. The summed E-state index contributed by atoms with van der Waals surface area (Å²) in [7, 11) is 1.60. The highest BCUT2D eigenvalue weighted by molar-refractivity contribution is 6.03. The van der Waals surface area contributed by atoms with Gasteiger partial charge < -0.3 is 20.7 Å². The molecular weight excluding hydrogens is 358 g/mol. The van der Waals surface area contributed by atoms with Gasteiger partial charge in [-0.05, 0) is 42.5 Å². The predicted octanol–water partition coefficient (Wildman–Crippen LogP) is 3.44.